The van der Waals surface area contributed by atoms with Crippen LogP contribution in [-0.2, 0) is 4.79 Å². The first-order valence-electron chi connectivity index (χ1n) is 3.50. The van der Waals surface area contributed by atoms with Crippen LogP contribution in [0.3, 0.4) is 0 Å². The lowest BCUT2D eigenvalue weighted by atomic mass is 10.0. The Balaban J connectivity index is 4.85. The molecule has 2 heteroatoms. The van der Waals surface area contributed by atoms with E-state index >= 15 is 0 Å². The molecule has 0 spiro atoms. The third kappa shape index (κ3) is 2.93. The summed E-state index contributed by atoms with van der Waals surface area (Å²) < 4.78 is 0. The van der Waals surface area contributed by atoms with Crippen LogP contribution in [0.2, 0.25) is 0 Å². The summed E-state index contributed by atoms with van der Waals surface area (Å²) in [5, 5.41) is 1.56. The summed E-state index contributed by atoms with van der Waals surface area (Å²) in [5.41, 5.74) is 2.88. The van der Waals surface area contributed by atoms with Gasteiger partial charge in [0.25, 0.3) is 0 Å². The molecule has 0 aliphatic heterocycles. The van der Waals surface area contributed by atoms with Gasteiger partial charge in [0, 0.05) is 5.57 Å². The molecule has 0 aromatic rings. The number of allylic oxidation sites excluding steroid dienone is 3. The van der Waals surface area contributed by atoms with Crippen molar-refractivity contribution >= 4 is 18.4 Å². The highest BCUT2D eigenvalue weighted by atomic mass is 32.1. The largest absolute Gasteiger partial charge is 0.294 e. The molecule has 11 heavy (non-hydrogen) atoms. The van der Waals surface area contributed by atoms with Gasteiger partial charge in [0.15, 0.2) is 5.78 Å². The first-order chi connectivity index (χ1) is 5.00. The van der Waals surface area contributed by atoms with Crippen LogP contribution in [0.5, 0.6) is 0 Å². The Morgan fingerprint density at radius 1 is 1.18 bits per heavy atom. The molecule has 0 aromatic carbocycles. The maximum Gasteiger partial charge on any atom is 0.160 e. The van der Waals surface area contributed by atoms with Gasteiger partial charge in [0.1, 0.15) is 0 Å². The molecule has 0 fully saturated rings. The summed E-state index contributed by atoms with van der Waals surface area (Å²) in [6, 6.07) is 0. The van der Waals surface area contributed by atoms with Crippen molar-refractivity contribution in [3.63, 3.8) is 0 Å². The fourth-order valence-electron chi connectivity index (χ4n) is 0.721. The quantitative estimate of drug-likeness (QED) is 0.383. The minimum absolute atomic E-state index is 0.0682. The fourth-order valence-corrected chi connectivity index (χ4v) is 1.10. The van der Waals surface area contributed by atoms with Crippen molar-refractivity contribution in [2.45, 2.75) is 27.7 Å². The number of hydrogen-bond donors (Lipinski definition) is 1. The number of thiol groups is 1. The molecule has 0 atom stereocenters. The predicted molar refractivity (Wildman–Crippen MR) is 51.8 cm³/mol. The van der Waals surface area contributed by atoms with Crippen LogP contribution >= 0.6 is 12.6 Å². The van der Waals surface area contributed by atoms with Gasteiger partial charge in [-0.2, -0.15) is 12.6 Å². The number of carbonyl (C=O) groups excluding carboxylic acids is 1. The zero-order valence-electron chi connectivity index (χ0n) is 7.43. The van der Waals surface area contributed by atoms with E-state index in [1.165, 1.54) is 0 Å². The van der Waals surface area contributed by atoms with E-state index in [2.05, 4.69) is 12.6 Å². The highest BCUT2D eigenvalue weighted by Crippen LogP contribution is 2.15. The van der Waals surface area contributed by atoms with Crippen molar-refractivity contribution in [2.24, 2.45) is 0 Å². The van der Waals surface area contributed by atoms with E-state index < -0.39 is 0 Å². The maximum atomic E-state index is 11.0. The summed E-state index contributed by atoms with van der Waals surface area (Å²) in [6.45, 7) is 7.44. The van der Waals surface area contributed by atoms with Crippen LogP contribution in [-0.4, -0.2) is 5.78 Å². The van der Waals surface area contributed by atoms with Crippen molar-refractivity contribution in [2.75, 3.05) is 0 Å². The molecule has 0 aromatic heterocycles. The lowest BCUT2D eigenvalue weighted by Crippen LogP contribution is -1.98. The van der Waals surface area contributed by atoms with E-state index in [4.69, 9.17) is 0 Å². The average Bonchev–Trinajstić information content (AvgIpc) is 1.88. The minimum atomic E-state index is 0.0682. The molecule has 0 aliphatic carbocycles. The number of ketones is 1. The molecule has 0 amide bonds. The molecule has 1 nitrogen and oxygen atoms in total. The average molecular weight is 170 g/mol. The number of carbonyl (C=O) groups is 1. The Hall–Kier alpha value is -0.500. The first-order valence-corrected chi connectivity index (χ1v) is 4.02. The van der Waals surface area contributed by atoms with Gasteiger partial charge in [0.2, 0.25) is 0 Å². The molecule has 0 N–H and O–H groups in total. The van der Waals surface area contributed by atoms with Gasteiger partial charge in [0.05, 0.1) is 0 Å². The zero-order valence-corrected chi connectivity index (χ0v) is 8.33. The lowest BCUT2D eigenvalue weighted by molar-refractivity contribution is -0.113. The first kappa shape index (κ1) is 10.5. The van der Waals surface area contributed by atoms with E-state index in [0.29, 0.717) is 5.57 Å². The van der Waals surface area contributed by atoms with Crippen molar-refractivity contribution in [1.29, 1.82) is 0 Å². The van der Waals surface area contributed by atoms with Crippen LogP contribution < -0.4 is 0 Å². The van der Waals surface area contributed by atoms with Gasteiger partial charge in [-0.25, -0.2) is 0 Å². The second-order valence-electron chi connectivity index (χ2n) is 2.72. The topological polar surface area (TPSA) is 17.1 Å². The normalized spacial score (nSPS) is 11.2. The van der Waals surface area contributed by atoms with E-state index in [-0.39, 0.29) is 5.78 Å². The van der Waals surface area contributed by atoms with E-state index in [9.17, 15) is 4.79 Å². The second-order valence-corrected chi connectivity index (χ2v) is 2.98. The van der Waals surface area contributed by atoms with E-state index in [1.54, 1.807) is 12.3 Å². The summed E-state index contributed by atoms with van der Waals surface area (Å²) in [5.74, 6) is 0.0682. The molecule has 0 rings (SSSR count). The molecule has 0 bridgehead atoms. The molecule has 0 heterocycles. The van der Waals surface area contributed by atoms with Gasteiger partial charge in [-0.3, -0.25) is 4.79 Å². The molecule has 0 saturated heterocycles. The highest BCUT2D eigenvalue weighted by Gasteiger charge is 2.05. The third-order valence-electron chi connectivity index (χ3n) is 1.66. The number of hydrogen-bond acceptors (Lipinski definition) is 2. The molecule has 0 unspecified atom stereocenters. The van der Waals surface area contributed by atoms with Crippen LogP contribution in [0.25, 0.3) is 0 Å². The molecular formula is C9H14OS. The third-order valence-corrected chi connectivity index (χ3v) is 1.92. The van der Waals surface area contributed by atoms with Gasteiger partial charge in [-0.1, -0.05) is 5.57 Å². The Morgan fingerprint density at radius 2 is 1.64 bits per heavy atom. The Kier molecular flexibility index (Phi) is 4.19. The molecule has 0 saturated carbocycles. The van der Waals surface area contributed by atoms with Crippen molar-refractivity contribution in [3.8, 4) is 0 Å². The zero-order chi connectivity index (χ0) is 9.02. The number of rotatable bonds is 2. The van der Waals surface area contributed by atoms with Crippen molar-refractivity contribution in [1.82, 2.24) is 0 Å². The Bertz CT molecular complexity index is 220. The Labute approximate surface area is 73.6 Å². The standard InChI is InChI=1S/C9H14OS/c1-6(2)7(3)9(5-11)8(4)10/h5,11H,1-4H3/b9-5+. The summed E-state index contributed by atoms with van der Waals surface area (Å²) in [7, 11) is 0. The van der Waals surface area contributed by atoms with Gasteiger partial charge in [-0.05, 0) is 38.7 Å². The molecule has 0 radical (unpaired) electrons. The van der Waals surface area contributed by atoms with Crippen molar-refractivity contribution in [3.05, 3.63) is 22.1 Å². The van der Waals surface area contributed by atoms with Crippen molar-refractivity contribution < 1.29 is 4.79 Å². The lowest BCUT2D eigenvalue weighted by Gasteiger charge is -2.04. The van der Waals surface area contributed by atoms with Gasteiger partial charge >= 0.3 is 0 Å². The smallest absolute Gasteiger partial charge is 0.160 e. The number of Topliss-reactive ketones (excluding diaryl/α,β-unsaturated/α-hetero) is 1. The minimum Gasteiger partial charge on any atom is -0.294 e. The predicted octanol–water partition coefficient (Wildman–Crippen LogP) is 2.75. The summed E-state index contributed by atoms with van der Waals surface area (Å²) >= 11 is 3.97. The molecular weight excluding hydrogens is 156 g/mol. The van der Waals surface area contributed by atoms with E-state index in [0.717, 1.165) is 11.1 Å². The van der Waals surface area contributed by atoms with Crippen LogP contribution in [0, 0.1) is 0 Å². The fraction of sp³-hybridized carbons (Fsp3) is 0.444. The maximum absolute atomic E-state index is 11.0. The molecule has 0 aliphatic rings. The van der Waals surface area contributed by atoms with Gasteiger partial charge < -0.3 is 0 Å². The van der Waals surface area contributed by atoms with Gasteiger partial charge in [-0.15, -0.1) is 0 Å². The summed E-state index contributed by atoms with van der Waals surface area (Å²) in [4.78, 5) is 11.0. The van der Waals surface area contributed by atoms with E-state index in [1.807, 2.05) is 20.8 Å². The summed E-state index contributed by atoms with van der Waals surface area (Å²) in [6.07, 6.45) is 0. The Morgan fingerprint density at radius 3 is 1.73 bits per heavy atom. The van der Waals surface area contributed by atoms with Crippen LogP contribution in [0.1, 0.15) is 27.7 Å². The second kappa shape index (κ2) is 4.39. The molecule has 62 valence electrons. The highest BCUT2D eigenvalue weighted by molar-refractivity contribution is 7.83. The van der Waals surface area contributed by atoms with Crippen LogP contribution in [0.4, 0.5) is 0 Å². The SMILES string of the molecule is CC(=O)/C(=C/S)C(C)=C(C)C. The van der Waals surface area contributed by atoms with Crippen LogP contribution in [0.15, 0.2) is 22.1 Å². The monoisotopic (exact) mass is 170 g/mol.